The van der Waals surface area contributed by atoms with Crippen LogP contribution in [0.1, 0.15) is 18.4 Å². The number of hydrogen-bond acceptors (Lipinski definition) is 4. The fraction of sp³-hybridized carbons (Fsp3) is 0.417. The summed E-state index contributed by atoms with van der Waals surface area (Å²) in [6.45, 7) is 3.84. The lowest BCUT2D eigenvalue weighted by Gasteiger charge is -2.37. The summed E-state index contributed by atoms with van der Waals surface area (Å²) < 4.78 is 5.50. The first-order valence-electron chi connectivity index (χ1n) is 10.8. The van der Waals surface area contributed by atoms with Gasteiger partial charge in [0.15, 0.2) is 0 Å². The Balaban J connectivity index is 1.33. The highest BCUT2D eigenvalue weighted by atomic mass is 35.5. The Labute approximate surface area is 188 Å². The maximum absolute atomic E-state index is 13.2. The first-order valence-corrected chi connectivity index (χ1v) is 11.2. The Morgan fingerprint density at radius 2 is 1.68 bits per heavy atom. The van der Waals surface area contributed by atoms with Gasteiger partial charge in [0.05, 0.1) is 12.0 Å². The molecule has 0 bridgehead atoms. The van der Waals surface area contributed by atoms with Crippen molar-refractivity contribution in [1.29, 1.82) is 0 Å². The number of nitrogens with zero attached hydrogens (tertiary/aromatic N) is 2. The summed E-state index contributed by atoms with van der Waals surface area (Å²) in [5.74, 6) is -0.137. The third-order valence-corrected chi connectivity index (χ3v) is 6.55. The quantitative estimate of drug-likeness (QED) is 0.775. The molecule has 0 aromatic heterocycles. The molecule has 2 fully saturated rings. The van der Waals surface area contributed by atoms with Gasteiger partial charge in [-0.3, -0.25) is 9.59 Å². The highest BCUT2D eigenvalue weighted by Crippen LogP contribution is 2.35. The molecular formula is C24H28ClN3O3. The van der Waals surface area contributed by atoms with E-state index in [4.69, 9.17) is 16.3 Å². The minimum atomic E-state index is -0.634. The van der Waals surface area contributed by atoms with Gasteiger partial charge in [0.25, 0.3) is 0 Å². The van der Waals surface area contributed by atoms with Gasteiger partial charge in [0.2, 0.25) is 11.8 Å². The summed E-state index contributed by atoms with van der Waals surface area (Å²) in [4.78, 5) is 30.0. The van der Waals surface area contributed by atoms with Crippen molar-refractivity contribution in [1.82, 2.24) is 10.2 Å². The molecule has 0 unspecified atom stereocenters. The fourth-order valence-electron chi connectivity index (χ4n) is 4.45. The molecule has 164 valence electrons. The van der Waals surface area contributed by atoms with E-state index in [2.05, 4.69) is 10.2 Å². The minimum Gasteiger partial charge on any atom is -0.381 e. The van der Waals surface area contributed by atoms with Crippen LogP contribution in [0.2, 0.25) is 5.02 Å². The van der Waals surface area contributed by atoms with Crippen LogP contribution < -0.4 is 10.2 Å². The molecule has 2 amide bonds. The number of benzene rings is 2. The highest BCUT2D eigenvalue weighted by Gasteiger charge is 2.41. The Kier molecular flexibility index (Phi) is 6.78. The maximum Gasteiger partial charge on any atom is 0.242 e. The van der Waals surface area contributed by atoms with E-state index < -0.39 is 5.41 Å². The molecule has 2 heterocycles. The summed E-state index contributed by atoms with van der Waals surface area (Å²) in [6.07, 6.45) is 1.24. The molecule has 2 aliphatic rings. The largest absolute Gasteiger partial charge is 0.381 e. The van der Waals surface area contributed by atoms with Crippen molar-refractivity contribution in [3.05, 3.63) is 65.2 Å². The lowest BCUT2D eigenvalue weighted by Crippen LogP contribution is -2.53. The maximum atomic E-state index is 13.2. The molecule has 1 N–H and O–H groups in total. The van der Waals surface area contributed by atoms with Crippen LogP contribution in [0.5, 0.6) is 0 Å². The van der Waals surface area contributed by atoms with Gasteiger partial charge in [-0.05, 0) is 36.6 Å². The third-order valence-electron chi connectivity index (χ3n) is 6.31. The molecular weight excluding hydrogens is 414 g/mol. The number of amides is 2. The lowest BCUT2D eigenvalue weighted by molar-refractivity contribution is -0.136. The number of anilines is 1. The monoisotopic (exact) mass is 441 g/mol. The van der Waals surface area contributed by atoms with E-state index in [0.29, 0.717) is 44.2 Å². The Hall–Kier alpha value is -2.57. The smallest absolute Gasteiger partial charge is 0.242 e. The number of carbonyl (C=O) groups is 2. The van der Waals surface area contributed by atoms with Gasteiger partial charge < -0.3 is 19.9 Å². The van der Waals surface area contributed by atoms with Crippen molar-refractivity contribution >= 4 is 29.1 Å². The summed E-state index contributed by atoms with van der Waals surface area (Å²) in [5, 5.41) is 3.63. The number of halogens is 1. The van der Waals surface area contributed by atoms with Crippen LogP contribution in [0.3, 0.4) is 0 Å². The van der Waals surface area contributed by atoms with Gasteiger partial charge in [0.1, 0.15) is 0 Å². The SMILES string of the molecule is O=C(CNC(=O)C1(c2ccccc2)CCOCC1)N1CCN(c2cccc(Cl)c2)CC1. The molecule has 0 atom stereocenters. The summed E-state index contributed by atoms with van der Waals surface area (Å²) in [7, 11) is 0. The van der Waals surface area contributed by atoms with Gasteiger partial charge in [-0.2, -0.15) is 0 Å². The van der Waals surface area contributed by atoms with E-state index in [9.17, 15) is 9.59 Å². The minimum absolute atomic E-state index is 0.0193. The zero-order valence-electron chi connectivity index (χ0n) is 17.6. The van der Waals surface area contributed by atoms with E-state index in [1.165, 1.54) is 0 Å². The summed E-state index contributed by atoms with van der Waals surface area (Å²) >= 11 is 6.09. The van der Waals surface area contributed by atoms with Gasteiger partial charge in [-0.1, -0.05) is 48.0 Å². The van der Waals surface area contributed by atoms with Gasteiger partial charge in [0, 0.05) is 50.1 Å². The van der Waals surface area contributed by atoms with Crippen LogP contribution >= 0.6 is 11.6 Å². The average molecular weight is 442 g/mol. The first-order chi connectivity index (χ1) is 15.1. The van der Waals surface area contributed by atoms with Crippen LogP contribution in [0.15, 0.2) is 54.6 Å². The van der Waals surface area contributed by atoms with E-state index in [1.54, 1.807) is 0 Å². The molecule has 2 aromatic rings. The zero-order chi connectivity index (χ0) is 21.7. The topological polar surface area (TPSA) is 61.9 Å². The Morgan fingerprint density at radius 1 is 0.968 bits per heavy atom. The molecule has 0 spiro atoms. The van der Waals surface area contributed by atoms with Gasteiger partial charge in [-0.15, -0.1) is 0 Å². The van der Waals surface area contributed by atoms with E-state index in [0.717, 1.165) is 24.3 Å². The van der Waals surface area contributed by atoms with E-state index >= 15 is 0 Å². The summed E-state index contributed by atoms with van der Waals surface area (Å²) in [5.41, 5.74) is 1.42. The molecule has 0 aliphatic carbocycles. The number of carbonyl (C=O) groups excluding carboxylic acids is 2. The number of nitrogens with one attached hydrogen (secondary N) is 1. The second-order valence-corrected chi connectivity index (χ2v) is 8.53. The predicted molar refractivity (Wildman–Crippen MR) is 121 cm³/mol. The molecule has 2 aromatic carbocycles. The normalized spacial score (nSPS) is 18.5. The Morgan fingerprint density at radius 3 is 2.35 bits per heavy atom. The highest BCUT2D eigenvalue weighted by molar-refractivity contribution is 6.30. The second-order valence-electron chi connectivity index (χ2n) is 8.09. The third kappa shape index (κ3) is 4.86. The van der Waals surface area contributed by atoms with Crippen molar-refractivity contribution in [3.8, 4) is 0 Å². The first kappa shape index (κ1) is 21.7. The fourth-order valence-corrected chi connectivity index (χ4v) is 4.63. The van der Waals surface area contributed by atoms with Crippen molar-refractivity contribution < 1.29 is 14.3 Å². The molecule has 7 heteroatoms. The van der Waals surface area contributed by atoms with Crippen molar-refractivity contribution in [2.24, 2.45) is 0 Å². The zero-order valence-corrected chi connectivity index (χ0v) is 18.3. The number of piperazine rings is 1. The van der Waals surface area contributed by atoms with Crippen molar-refractivity contribution in [2.45, 2.75) is 18.3 Å². The van der Waals surface area contributed by atoms with Crippen LogP contribution in [0, 0.1) is 0 Å². The standard InChI is InChI=1S/C24H28ClN3O3/c25-20-7-4-8-21(17-20)27-11-13-28(14-12-27)22(29)18-26-23(30)24(9-15-31-16-10-24)19-5-2-1-3-6-19/h1-8,17H,9-16,18H2,(H,26,30). The lowest BCUT2D eigenvalue weighted by atomic mass is 9.73. The number of rotatable bonds is 5. The van der Waals surface area contributed by atoms with Crippen molar-refractivity contribution in [2.75, 3.05) is 50.8 Å². The van der Waals surface area contributed by atoms with E-state index in [-0.39, 0.29) is 18.4 Å². The molecule has 4 rings (SSSR count). The summed E-state index contributed by atoms with van der Waals surface area (Å²) in [6, 6.07) is 17.6. The van der Waals surface area contributed by atoms with Gasteiger partial charge >= 0.3 is 0 Å². The average Bonchev–Trinajstić information content (AvgIpc) is 2.83. The van der Waals surface area contributed by atoms with Crippen LogP contribution in [-0.2, 0) is 19.7 Å². The molecule has 0 radical (unpaired) electrons. The molecule has 31 heavy (non-hydrogen) atoms. The predicted octanol–water partition coefficient (Wildman–Crippen LogP) is 2.85. The molecule has 0 saturated carbocycles. The molecule has 6 nitrogen and oxygen atoms in total. The second kappa shape index (κ2) is 9.71. The Bertz CT molecular complexity index is 907. The molecule has 2 aliphatic heterocycles. The number of ether oxygens (including phenoxy) is 1. The van der Waals surface area contributed by atoms with Crippen LogP contribution in [0.25, 0.3) is 0 Å². The van der Waals surface area contributed by atoms with Crippen molar-refractivity contribution in [3.63, 3.8) is 0 Å². The molecule has 2 saturated heterocycles. The number of hydrogen-bond donors (Lipinski definition) is 1. The van der Waals surface area contributed by atoms with E-state index in [1.807, 2.05) is 59.5 Å². The van der Waals surface area contributed by atoms with Crippen LogP contribution in [0.4, 0.5) is 5.69 Å². The van der Waals surface area contributed by atoms with Crippen LogP contribution in [-0.4, -0.2) is 62.7 Å². The van der Waals surface area contributed by atoms with Gasteiger partial charge in [-0.25, -0.2) is 0 Å².